The molecule has 0 saturated heterocycles. The first-order valence-corrected chi connectivity index (χ1v) is 9.74. The molecule has 0 unspecified atom stereocenters. The van der Waals surface area contributed by atoms with Crippen LogP contribution >= 0.6 is 0 Å². The van der Waals surface area contributed by atoms with E-state index in [1.165, 1.54) is 0 Å². The molecule has 0 aliphatic rings. The lowest BCUT2D eigenvalue weighted by Gasteiger charge is -2.03. The van der Waals surface area contributed by atoms with Crippen molar-refractivity contribution in [2.24, 2.45) is 0 Å². The number of aryl methyl sites for hydroxylation is 1. The van der Waals surface area contributed by atoms with Crippen LogP contribution < -0.4 is 10.1 Å². The fourth-order valence-electron chi connectivity index (χ4n) is 2.25. The first-order chi connectivity index (χ1) is 12.0. The average molecular weight is 364 g/mol. The number of aromatic nitrogens is 1. The van der Waals surface area contributed by atoms with Crippen molar-refractivity contribution in [3.8, 4) is 17.2 Å². The summed E-state index contributed by atoms with van der Waals surface area (Å²) in [6.45, 7) is 4.46. The number of rotatable bonds is 9. The lowest BCUT2D eigenvalue weighted by atomic mass is 10.2. The SMILES string of the molecule is CCCCNC(=O)C[S@@](=O)Cc1nc(-c2cccc(OC)c2)oc1C. The molecule has 0 fully saturated rings. The number of amides is 1. The molecule has 2 aromatic rings. The maximum atomic E-state index is 12.2. The molecule has 1 N–H and O–H groups in total. The van der Waals surface area contributed by atoms with Crippen LogP contribution in [-0.2, 0) is 21.3 Å². The predicted octanol–water partition coefficient (Wildman–Crippen LogP) is 2.82. The van der Waals surface area contributed by atoms with Gasteiger partial charge in [-0.25, -0.2) is 4.98 Å². The zero-order valence-corrected chi connectivity index (χ0v) is 15.6. The summed E-state index contributed by atoms with van der Waals surface area (Å²) in [6.07, 6.45) is 1.93. The molecule has 0 aliphatic carbocycles. The Morgan fingerprint density at radius 3 is 2.92 bits per heavy atom. The molecule has 25 heavy (non-hydrogen) atoms. The first-order valence-electron chi connectivity index (χ1n) is 8.26. The summed E-state index contributed by atoms with van der Waals surface area (Å²) in [5.74, 6) is 1.75. The molecule has 1 heterocycles. The van der Waals surface area contributed by atoms with Crippen molar-refractivity contribution in [2.75, 3.05) is 19.4 Å². The number of unbranched alkanes of at least 4 members (excludes halogenated alkanes) is 1. The third-order valence-corrected chi connectivity index (χ3v) is 4.83. The molecular formula is C18H24N2O4S. The summed E-state index contributed by atoms with van der Waals surface area (Å²) in [5, 5.41) is 2.77. The Morgan fingerprint density at radius 1 is 1.40 bits per heavy atom. The number of benzene rings is 1. The number of hydrogen-bond donors (Lipinski definition) is 1. The van der Waals surface area contributed by atoms with E-state index >= 15 is 0 Å². The molecule has 2 rings (SSSR count). The highest BCUT2D eigenvalue weighted by atomic mass is 32.2. The van der Waals surface area contributed by atoms with Gasteiger partial charge in [-0.15, -0.1) is 0 Å². The van der Waals surface area contributed by atoms with E-state index in [0.29, 0.717) is 29.6 Å². The maximum absolute atomic E-state index is 12.2. The van der Waals surface area contributed by atoms with Crippen molar-refractivity contribution in [1.29, 1.82) is 0 Å². The molecule has 6 nitrogen and oxygen atoms in total. The van der Waals surface area contributed by atoms with Gasteiger partial charge in [-0.1, -0.05) is 19.4 Å². The minimum Gasteiger partial charge on any atom is -0.497 e. The Hall–Kier alpha value is -2.15. The summed E-state index contributed by atoms with van der Waals surface area (Å²) in [5.41, 5.74) is 1.40. The van der Waals surface area contributed by atoms with E-state index in [2.05, 4.69) is 17.2 Å². The Labute approximate surface area is 150 Å². The van der Waals surface area contributed by atoms with E-state index in [1.807, 2.05) is 24.3 Å². The maximum Gasteiger partial charge on any atom is 0.232 e. The molecular weight excluding hydrogens is 340 g/mol. The van der Waals surface area contributed by atoms with E-state index in [1.54, 1.807) is 14.0 Å². The van der Waals surface area contributed by atoms with Crippen molar-refractivity contribution >= 4 is 16.7 Å². The zero-order chi connectivity index (χ0) is 18.2. The zero-order valence-electron chi connectivity index (χ0n) is 14.8. The second-order valence-corrected chi connectivity index (χ2v) is 7.14. The monoisotopic (exact) mass is 364 g/mol. The van der Waals surface area contributed by atoms with Gasteiger partial charge in [0.1, 0.15) is 17.3 Å². The lowest BCUT2D eigenvalue weighted by Crippen LogP contribution is -2.29. The lowest BCUT2D eigenvalue weighted by molar-refractivity contribution is -0.118. The number of carbonyl (C=O) groups is 1. The summed E-state index contributed by atoms with van der Waals surface area (Å²) in [6, 6.07) is 7.39. The van der Waals surface area contributed by atoms with Crippen molar-refractivity contribution in [3.63, 3.8) is 0 Å². The molecule has 0 bridgehead atoms. The summed E-state index contributed by atoms with van der Waals surface area (Å²) in [4.78, 5) is 16.2. The van der Waals surface area contributed by atoms with Gasteiger partial charge in [0.25, 0.3) is 0 Å². The minimum atomic E-state index is -1.33. The van der Waals surface area contributed by atoms with E-state index in [4.69, 9.17) is 9.15 Å². The van der Waals surface area contributed by atoms with Crippen LogP contribution in [0.3, 0.4) is 0 Å². The fraction of sp³-hybridized carbons (Fsp3) is 0.444. The van der Waals surface area contributed by atoms with E-state index in [-0.39, 0.29) is 17.4 Å². The highest BCUT2D eigenvalue weighted by Crippen LogP contribution is 2.25. The van der Waals surface area contributed by atoms with Crippen molar-refractivity contribution in [1.82, 2.24) is 10.3 Å². The number of carbonyl (C=O) groups excluding carboxylic acids is 1. The number of nitrogens with zero attached hydrogens (tertiary/aromatic N) is 1. The Morgan fingerprint density at radius 2 is 2.20 bits per heavy atom. The van der Waals surface area contributed by atoms with Crippen LogP contribution in [-0.4, -0.2) is 34.5 Å². The van der Waals surface area contributed by atoms with Crippen LogP contribution in [0.1, 0.15) is 31.2 Å². The molecule has 1 amide bonds. The molecule has 0 radical (unpaired) electrons. The molecule has 7 heteroatoms. The number of methoxy groups -OCH3 is 1. The van der Waals surface area contributed by atoms with Crippen LogP contribution in [0.25, 0.3) is 11.5 Å². The third-order valence-electron chi connectivity index (χ3n) is 3.65. The predicted molar refractivity (Wildman–Crippen MR) is 97.9 cm³/mol. The van der Waals surface area contributed by atoms with Gasteiger partial charge in [-0.2, -0.15) is 0 Å². The molecule has 1 aromatic carbocycles. The third kappa shape index (κ3) is 5.70. The van der Waals surface area contributed by atoms with Crippen LogP contribution in [0.5, 0.6) is 5.75 Å². The van der Waals surface area contributed by atoms with Gasteiger partial charge in [0.05, 0.1) is 18.6 Å². The summed E-state index contributed by atoms with van der Waals surface area (Å²) in [7, 11) is 0.272. The number of oxazole rings is 1. The van der Waals surface area contributed by atoms with Gasteiger partial charge in [0, 0.05) is 22.9 Å². The smallest absolute Gasteiger partial charge is 0.232 e. The quantitative estimate of drug-likeness (QED) is 0.692. The molecule has 1 aromatic heterocycles. The standard InChI is InChI=1S/C18H24N2O4S/c1-4-5-9-19-17(21)12-25(22)11-16-13(2)24-18(20-16)14-7-6-8-15(10-14)23-3/h6-8,10H,4-5,9,11-12H2,1-3H3,(H,19,21)/t25-/m0/s1. The Balaban J connectivity index is 2.00. The summed E-state index contributed by atoms with van der Waals surface area (Å²) >= 11 is 0. The molecule has 0 spiro atoms. The highest BCUT2D eigenvalue weighted by molar-refractivity contribution is 7.84. The molecule has 0 saturated carbocycles. The first kappa shape index (κ1) is 19.2. The van der Waals surface area contributed by atoms with Gasteiger partial charge in [0.2, 0.25) is 11.8 Å². The van der Waals surface area contributed by atoms with Gasteiger partial charge in [-0.05, 0) is 31.5 Å². The second kappa shape index (κ2) is 9.36. The van der Waals surface area contributed by atoms with Gasteiger partial charge < -0.3 is 14.5 Å². The Bertz CT molecular complexity index is 742. The van der Waals surface area contributed by atoms with E-state index < -0.39 is 10.8 Å². The van der Waals surface area contributed by atoms with Crippen molar-refractivity contribution in [2.45, 2.75) is 32.4 Å². The van der Waals surface area contributed by atoms with Gasteiger partial charge in [-0.3, -0.25) is 9.00 Å². The van der Waals surface area contributed by atoms with Crippen LogP contribution in [0.2, 0.25) is 0 Å². The minimum absolute atomic E-state index is 0.0233. The second-order valence-electron chi connectivity index (χ2n) is 5.69. The van der Waals surface area contributed by atoms with Crippen molar-refractivity contribution < 1.29 is 18.2 Å². The normalized spacial score (nSPS) is 12.0. The molecule has 0 aliphatic heterocycles. The fourth-order valence-corrected chi connectivity index (χ4v) is 3.32. The highest BCUT2D eigenvalue weighted by Gasteiger charge is 2.16. The number of hydrogen-bond acceptors (Lipinski definition) is 5. The van der Waals surface area contributed by atoms with E-state index in [9.17, 15) is 9.00 Å². The van der Waals surface area contributed by atoms with Crippen LogP contribution in [0, 0.1) is 6.92 Å². The van der Waals surface area contributed by atoms with Crippen LogP contribution in [0.4, 0.5) is 0 Å². The van der Waals surface area contributed by atoms with Gasteiger partial charge >= 0.3 is 0 Å². The van der Waals surface area contributed by atoms with Crippen molar-refractivity contribution in [3.05, 3.63) is 35.7 Å². The largest absolute Gasteiger partial charge is 0.497 e. The topological polar surface area (TPSA) is 81.4 Å². The van der Waals surface area contributed by atoms with Crippen LogP contribution in [0.15, 0.2) is 28.7 Å². The van der Waals surface area contributed by atoms with Gasteiger partial charge in [0.15, 0.2) is 0 Å². The summed E-state index contributed by atoms with van der Waals surface area (Å²) < 4.78 is 23.1. The number of nitrogens with one attached hydrogen (secondary N) is 1. The average Bonchev–Trinajstić information content (AvgIpc) is 2.95. The molecule has 136 valence electrons. The number of ether oxygens (including phenoxy) is 1. The Kier molecular flexibility index (Phi) is 7.18. The van der Waals surface area contributed by atoms with E-state index in [0.717, 1.165) is 18.4 Å². The molecule has 1 atom stereocenters.